The van der Waals surface area contributed by atoms with Gasteiger partial charge in [-0.3, -0.25) is 38.4 Å². The Labute approximate surface area is 372 Å². The van der Waals surface area contributed by atoms with Crippen LogP contribution in [0, 0.1) is 5.92 Å². The first-order chi connectivity index (χ1) is 30.0. The Balaban J connectivity index is 1.91. The Hall–Kier alpha value is -5.95. The summed E-state index contributed by atoms with van der Waals surface area (Å²) in [6, 6.07) is 18.7. The fraction of sp³-hybridized carbons (Fsp3) is 0.422. The number of hydrogen-bond acceptors (Lipinski definition) is 12. The third-order valence-electron chi connectivity index (χ3n) is 9.89. The third kappa shape index (κ3) is 17.4. The highest BCUT2D eigenvalue weighted by atomic mass is 32.2. The van der Waals surface area contributed by atoms with Gasteiger partial charge >= 0.3 is 5.97 Å². The van der Waals surface area contributed by atoms with Crippen molar-refractivity contribution in [3.8, 4) is 0 Å². The second-order valence-electron chi connectivity index (χ2n) is 15.4. The molecule has 6 atom stereocenters. The maximum absolute atomic E-state index is 14.6. The van der Waals surface area contributed by atoms with Crippen molar-refractivity contribution in [2.45, 2.75) is 88.6 Å². The van der Waals surface area contributed by atoms with Gasteiger partial charge in [-0.15, -0.1) is 0 Å². The molecule has 0 heterocycles. The van der Waals surface area contributed by atoms with E-state index in [4.69, 9.17) is 11.5 Å². The molecule has 0 aliphatic heterocycles. The van der Waals surface area contributed by atoms with Crippen LogP contribution in [-0.2, 0) is 57.6 Å². The summed E-state index contributed by atoms with van der Waals surface area (Å²) < 4.78 is 0. The molecule has 10 N–H and O–H groups in total. The first-order valence-corrected chi connectivity index (χ1v) is 22.0. The van der Waals surface area contributed by atoms with Crippen molar-refractivity contribution in [3.63, 3.8) is 0 Å². The van der Waals surface area contributed by atoms with Crippen LogP contribution in [0.15, 0.2) is 91.0 Å². The smallest absolute Gasteiger partial charge is 0.321 e. The molecule has 63 heavy (non-hydrogen) atoms. The van der Waals surface area contributed by atoms with E-state index in [0.717, 1.165) is 11.1 Å². The number of amides is 7. The Kier molecular flexibility index (Phi) is 21.6. The van der Waals surface area contributed by atoms with Gasteiger partial charge in [-0.1, -0.05) is 105 Å². The summed E-state index contributed by atoms with van der Waals surface area (Å²) >= 11 is 1.31. The maximum atomic E-state index is 14.6. The molecule has 0 radical (unpaired) electrons. The highest BCUT2D eigenvalue weighted by molar-refractivity contribution is 7.98. The lowest BCUT2D eigenvalue weighted by Crippen LogP contribution is -2.61. The number of carboxylic acid groups (broad SMARTS) is 1. The molecule has 0 saturated heterocycles. The molecule has 0 unspecified atom stereocenters. The third-order valence-corrected chi connectivity index (χ3v) is 10.5. The minimum Gasteiger partial charge on any atom is -0.480 e. The minimum absolute atomic E-state index is 0.0991. The van der Waals surface area contributed by atoms with E-state index in [-0.39, 0.29) is 42.3 Å². The molecule has 3 aromatic carbocycles. The number of rotatable bonds is 25. The standard InChI is InChI=1S/C45H60N8O9S/c1-28(2)22-36(50-38(54)27-49-41(57)35(48-3)24-30-16-10-6-11-17-30)42(58)51-34(20-21-63-4)43(59)53(39(55)26-33(47)45(61)62)44(60)37(25-31-18-12-7-13-19-31)52-40(56)32(46)23-29-14-8-5-9-15-29/h5-19,28,32-37,48H,20-27,46-47H2,1-4H3,(H,49,57)(H,50,54)(H,51,58)(H,52,56)(H,61,62)/t32-,33-,34-,35-,36-,37-/m0/s1. The number of nitrogens with two attached hydrogens (primary N) is 2. The highest BCUT2D eigenvalue weighted by Gasteiger charge is 2.40. The van der Waals surface area contributed by atoms with E-state index in [1.807, 2.05) is 44.2 Å². The summed E-state index contributed by atoms with van der Waals surface area (Å²) in [6.07, 6.45) is 1.02. The summed E-state index contributed by atoms with van der Waals surface area (Å²) in [5, 5.41) is 22.9. The molecule has 340 valence electrons. The number of aliphatic carboxylic acids is 1. The van der Waals surface area contributed by atoms with E-state index in [1.165, 1.54) is 11.8 Å². The Morgan fingerprint density at radius 2 is 1.13 bits per heavy atom. The van der Waals surface area contributed by atoms with Crippen molar-refractivity contribution in [2.75, 3.05) is 25.6 Å². The van der Waals surface area contributed by atoms with Crippen molar-refractivity contribution >= 4 is 59.1 Å². The van der Waals surface area contributed by atoms with Gasteiger partial charge < -0.3 is 43.2 Å². The first kappa shape index (κ1) is 51.4. The van der Waals surface area contributed by atoms with E-state index in [0.29, 0.717) is 12.0 Å². The summed E-state index contributed by atoms with van der Waals surface area (Å²) in [5.41, 5.74) is 14.2. The number of benzene rings is 3. The Morgan fingerprint density at radius 3 is 1.62 bits per heavy atom. The van der Waals surface area contributed by atoms with Gasteiger partial charge in [0.2, 0.25) is 29.5 Å². The molecular weight excluding hydrogens is 829 g/mol. The van der Waals surface area contributed by atoms with Crippen molar-refractivity contribution in [2.24, 2.45) is 17.4 Å². The number of nitrogens with zero attached hydrogens (tertiary/aromatic N) is 1. The lowest BCUT2D eigenvalue weighted by atomic mass is 10.0. The van der Waals surface area contributed by atoms with E-state index in [1.54, 1.807) is 74.0 Å². The zero-order chi connectivity index (χ0) is 46.5. The predicted octanol–water partition coefficient (Wildman–Crippen LogP) is 0.683. The number of likely N-dealkylation sites (N-methyl/N-ethyl adjacent to an activating group) is 1. The topological polar surface area (TPSA) is 272 Å². The number of carbonyl (C=O) groups excluding carboxylic acids is 7. The fourth-order valence-corrected chi connectivity index (χ4v) is 6.97. The Bertz CT molecular complexity index is 1990. The van der Waals surface area contributed by atoms with Gasteiger partial charge in [-0.05, 0) is 67.3 Å². The van der Waals surface area contributed by atoms with E-state index in [9.17, 15) is 43.5 Å². The van der Waals surface area contributed by atoms with Crippen LogP contribution in [0.5, 0.6) is 0 Å². The molecule has 0 saturated carbocycles. The number of carboxylic acids is 1. The van der Waals surface area contributed by atoms with Crippen LogP contribution in [-0.4, -0.2) is 119 Å². The van der Waals surface area contributed by atoms with Crippen LogP contribution < -0.4 is 38.1 Å². The number of nitrogens with one attached hydrogen (secondary N) is 5. The quantitative estimate of drug-likeness (QED) is 0.0583. The van der Waals surface area contributed by atoms with Gasteiger partial charge in [0.25, 0.3) is 11.8 Å². The van der Waals surface area contributed by atoms with Gasteiger partial charge in [0, 0.05) is 6.42 Å². The lowest BCUT2D eigenvalue weighted by molar-refractivity contribution is -0.159. The number of hydrogen-bond donors (Lipinski definition) is 8. The number of imide groups is 3. The monoisotopic (exact) mass is 888 g/mol. The zero-order valence-electron chi connectivity index (χ0n) is 36.1. The van der Waals surface area contributed by atoms with Gasteiger partial charge in [0.05, 0.1) is 25.0 Å². The normalized spacial score (nSPS) is 13.9. The number of thioether (sulfide) groups is 1. The van der Waals surface area contributed by atoms with Crippen LogP contribution in [0.25, 0.3) is 0 Å². The minimum atomic E-state index is -1.81. The molecule has 0 bridgehead atoms. The molecule has 0 fully saturated rings. The van der Waals surface area contributed by atoms with Crippen LogP contribution in [0.3, 0.4) is 0 Å². The van der Waals surface area contributed by atoms with Gasteiger partial charge in [-0.2, -0.15) is 11.8 Å². The molecule has 0 aliphatic carbocycles. The average molecular weight is 889 g/mol. The van der Waals surface area contributed by atoms with Gasteiger partial charge in [0.15, 0.2) is 0 Å². The van der Waals surface area contributed by atoms with Crippen molar-refractivity contribution in [1.82, 2.24) is 31.5 Å². The summed E-state index contributed by atoms with van der Waals surface area (Å²) in [5.74, 6) is -7.87. The SMILES string of the molecule is CN[C@@H](Cc1ccccc1)C(=O)NCC(=O)N[C@@H](CC(C)C)C(=O)N[C@@H](CCSC)C(=O)N(C(=O)C[C@H](N)C(=O)O)C(=O)[C@H](Cc1ccccc1)NC(=O)[C@@H](N)Cc1ccccc1. The molecule has 18 heteroatoms. The van der Waals surface area contributed by atoms with Crippen LogP contribution in [0.4, 0.5) is 0 Å². The molecular formula is C45H60N8O9S. The van der Waals surface area contributed by atoms with Gasteiger partial charge in [0.1, 0.15) is 24.2 Å². The van der Waals surface area contributed by atoms with E-state index < -0.39 is 96.5 Å². The summed E-state index contributed by atoms with van der Waals surface area (Å²) in [7, 11) is 1.62. The molecule has 3 aromatic rings. The number of carbonyl (C=O) groups is 8. The summed E-state index contributed by atoms with van der Waals surface area (Å²) in [6.45, 7) is 3.15. The zero-order valence-corrected chi connectivity index (χ0v) is 36.9. The second kappa shape index (κ2) is 26.5. The first-order valence-electron chi connectivity index (χ1n) is 20.6. The molecule has 0 spiro atoms. The van der Waals surface area contributed by atoms with Gasteiger partial charge in [-0.25, -0.2) is 4.90 Å². The summed E-state index contributed by atoms with van der Waals surface area (Å²) in [4.78, 5) is 109. The van der Waals surface area contributed by atoms with E-state index in [2.05, 4.69) is 26.6 Å². The van der Waals surface area contributed by atoms with Crippen LogP contribution in [0.2, 0.25) is 0 Å². The average Bonchev–Trinajstić information content (AvgIpc) is 3.26. The molecule has 0 aliphatic rings. The molecule has 17 nitrogen and oxygen atoms in total. The molecule has 7 amide bonds. The fourth-order valence-electron chi connectivity index (χ4n) is 6.50. The predicted molar refractivity (Wildman–Crippen MR) is 240 cm³/mol. The second-order valence-corrected chi connectivity index (χ2v) is 16.4. The van der Waals surface area contributed by atoms with Crippen LogP contribution >= 0.6 is 11.8 Å². The van der Waals surface area contributed by atoms with Crippen molar-refractivity contribution in [3.05, 3.63) is 108 Å². The lowest BCUT2D eigenvalue weighted by Gasteiger charge is -2.30. The van der Waals surface area contributed by atoms with Crippen molar-refractivity contribution in [1.29, 1.82) is 0 Å². The van der Waals surface area contributed by atoms with Crippen molar-refractivity contribution < 1.29 is 43.5 Å². The van der Waals surface area contributed by atoms with E-state index >= 15 is 0 Å². The molecule has 0 aromatic heterocycles. The maximum Gasteiger partial charge on any atom is 0.321 e. The highest BCUT2D eigenvalue weighted by Crippen LogP contribution is 2.15. The van der Waals surface area contributed by atoms with Crippen LogP contribution in [0.1, 0.15) is 49.8 Å². The molecule has 3 rings (SSSR count). The largest absolute Gasteiger partial charge is 0.480 e. The Morgan fingerprint density at radius 1 is 0.635 bits per heavy atom.